The molecule has 0 saturated heterocycles. The molecule has 146 valence electrons. The highest BCUT2D eigenvalue weighted by Gasteiger charge is 2.29. The minimum absolute atomic E-state index is 0.139. The molecular weight excluding hydrogens is 356 g/mol. The molecule has 2 N–H and O–H groups in total. The number of phenolic OH excluding ortho intramolecular Hbond substituents is 1. The predicted octanol–water partition coefficient (Wildman–Crippen LogP) is 3.15. The number of carbonyl (C=O) groups is 1. The van der Waals surface area contributed by atoms with E-state index in [-0.39, 0.29) is 24.7 Å². The first-order valence-corrected chi connectivity index (χ1v) is 9.70. The average molecular weight is 380 g/mol. The first kappa shape index (κ1) is 18.5. The van der Waals surface area contributed by atoms with Crippen molar-refractivity contribution in [2.24, 2.45) is 0 Å². The normalized spacial score (nSPS) is 18.5. The van der Waals surface area contributed by atoms with Crippen molar-refractivity contribution in [3.63, 3.8) is 0 Å². The Morgan fingerprint density at radius 1 is 1.21 bits per heavy atom. The van der Waals surface area contributed by atoms with E-state index in [2.05, 4.69) is 5.16 Å². The summed E-state index contributed by atoms with van der Waals surface area (Å²) >= 11 is 0. The summed E-state index contributed by atoms with van der Waals surface area (Å²) in [7, 11) is 0. The summed E-state index contributed by atoms with van der Waals surface area (Å²) in [6.45, 7) is 0.487. The van der Waals surface area contributed by atoms with Crippen LogP contribution in [0, 0.1) is 0 Å². The van der Waals surface area contributed by atoms with Crippen molar-refractivity contribution in [2.75, 3.05) is 6.54 Å². The van der Waals surface area contributed by atoms with E-state index in [0.717, 1.165) is 42.6 Å². The number of hydrogen-bond acceptors (Lipinski definition) is 5. The molecule has 1 aromatic carbocycles. The van der Waals surface area contributed by atoms with Crippen LogP contribution in [0.25, 0.3) is 0 Å². The molecule has 2 aliphatic rings. The van der Waals surface area contributed by atoms with Crippen molar-refractivity contribution in [3.05, 3.63) is 70.6 Å². The van der Waals surface area contributed by atoms with Crippen molar-refractivity contribution in [3.8, 4) is 5.75 Å². The summed E-state index contributed by atoms with van der Waals surface area (Å²) in [6.07, 6.45) is 9.21. The Bertz CT molecular complexity index is 928. The van der Waals surface area contributed by atoms with Gasteiger partial charge in [-0.1, -0.05) is 41.6 Å². The zero-order valence-corrected chi connectivity index (χ0v) is 15.7. The van der Waals surface area contributed by atoms with Crippen LogP contribution in [-0.4, -0.2) is 38.8 Å². The third-order valence-corrected chi connectivity index (χ3v) is 5.40. The van der Waals surface area contributed by atoms with Crippen LogP contribution < -0.4 is 0 Å². The van der Waals surface area contributed by atoms with Crippen LogP contribution in [0.15, 0.2) is 52.6 Å². The average Bonchev–Trinajstić information content (AvgIpc) is 3.14. The van der Waals surface area contributed by atoms with Crippen LogP contribution >= 0.6 is 0 Å². The van der Waals surface area contributed by atoms with Crippen molar-refractivity contribution in [1.29, 1.82) is 0 Å². The highest BCUT2D eigenvalue weighted by atomic mass is 16.5. The molecule has 0 spiro atoms. The van der Waals surface area contributed by atoms with Gasteiger partial charge >= 0.3 is 0 Å². The summed E-state index contributed by atoms with van der Waals surface area (Å²) in [6, 6.07) is 6.97. The monoisotopic (exact) mass is 380 g/mol. The zero-order chi connectivity index (χ0) is 19.5. The molecule has 0 aliphatic heterocycles. The number of carbonyl (C=O) groups excluding carboxylic acids is 1. The minimum atomic E-state index is -0.615. The molecule has 0 radical (unpaired) electrons. The smallest absolute Gasteiger partial charge is 0.276 e. The second kappa shape index (κ2) is 8.02. The van der Waals surface area contributed by atoms with Crippen LogP contribution in [0.3, 0.4) is 0 Å². The van der Waals surface area contributed by atoms with E-state index < -0.39 is 6.10 Å². The van der Waals surface area contributed by atoms with Gasteiger partial charge in [0.15, 0.2) is 5.69 Å². The Kier molecular flexibility index (Phi) is 5.30. The van der Waals surface area contributed by atoms with Crippen LogP contribution in [0.1, 0.15) is 46.6 Å². The van der Waals surface area contributed by atoms with Crippen molar-refractivity contribution in [2.45, 2.75) is 44.8 Å². The molecule has 1 aromatic heterocycles. The highest BCUT2D eigenvalue weighted by Crippen LogP contribution is 2.27. The molecule has 1 atom stereocenters. The number of hydrogen-bond donors (Lipinski definition) is 2. The molecule has 1 heterocycles. The standard InChI is InChI=1S/C22H24N2O4/c25-18-10-4-1-7-15(18)13-24(14-16-8-2-5-11-19(16)26)22(27)21-17-9-3-6-12-20(17)28-23-21/h1-2,4-5,7-8,10,19,25-26H,3,6,9,11-14H2. The van der Waals surface area contributed by atoms with Crippen LogP contribution in [0.4, 0.5) is 0 Å². The number of fused-ring (bicyclic) bond motifs is 1. The van der Waals surface area contributed by atoms with E-state index in [4.69, 9.17) is 4.52 Å². The van der Waals surface area contributed by atoms with Gasteiger partial charge in [0.05, 0.1) is 12.6 Å². The molecule has 1 unspecified atom stereocenters. The molecule has 0 bridgehead atoms. The molecule has 0 fully saturated rings. The number of allylic oxidation sites excluding steroid dienone is 2. The van der Waals surface area contributed by atoms with Gasteiger partial charge in [-0.05, 0) is 37.3 Å². The molecule has 6 heteroatoms. The van der Waals surface area contributed by atoms with Gasteiger partial charge in [0.2, 0.25) is 0 Å². The van der Waals surface area contributed by atoms with E-state index in [1.165, 1.54) is 0 Å². The Morgan fingerprint density at radius 3 is 2.86 bits per heavy atom. The van der Waals surface area contributed by atoms with Gasteiger partial charge < -0.3 is 19.6 Å². The topological polar surface area (TPSA) is 86.8 Å². The Hall–Kier alpha value is -2.86. The number of aliphatic hydroxyl groups is 1. The van der Waals surface area contributed by atoms with E-state index >= 15 is 0 Å². The van der Waals surface area contributed by atoms with Gasteiger partial charge in [0, 0.05) is 24.1 Å². The number of aromatic hydroxyl groups is 1. The lowest BCUT2D eigenvalue weighted by molar-refractivity contribution is 0.0734. The lowest BCUT2D eigenvalue weighted by Crippen LogP contribution is -2.35. The maximum atomic E-state index is 13.4. The quantitative estimate of drug-likeness (QED) is 0.832. The number of para-hydroxylation sites is 1. The predicted molar refractivity (Wildman–Crippen MR) is 104 cm³/mol. The number of phenols is 1. The molecule has 2 aliphatic carbocycles. The van der Waals surface area contributed by atoms with E-state index in [0.29, 0.717) is 17.7 Å². The number of nitrogens with zero attached hydrogens (tertiary/aromatic N) is 2. The summed E-state index contributed by atoms with van der Waals surface area (Å²) in [4.78, 5) is 15.0. The summed E-state index contributed by atoms with van der Waals surface area (Å²) < 4.78 is 5.42. The molecule has 28 heavy (non-hydrogen) atoms. The van der Waals surface area contributed by atoms with Gasteiger partial charge in [-0.15, -0.1) is 0 Å². The lowest BCUT2D eigenvalue weighted by Gasteiger charge is -2.27. The van der Waals surface area contributed by atoms with Crippen molar-refractivity contribution in [1.82, 2.24) is 10.1 Å². The number of aromatic nitrogens is 1. The fourth-order valence-electron chi connectivity index (χ4n) is 3.79. The van der Waals surface area contributed by atoms with E-state index in [1.807, 2.05) is 24.3 Å². The van der Waals surface area contributed by atoms with E-state index in [9.17, 15) is 15.0 Å². The molecule has 1 amide bonds. The largest absolute Gasteiger partial charge is 0.508 e. The molecule has 0 saturated carbocycles. The maximum Gasteiger partial charge on any atom is 0.276 e. The van der Waals surface area contributed by atoms with Crippen molar-refractivity contribution < 1.29 is 19.5 Å². The summed E-state index contributed by atoms with van der Waals surface area (Å²) in [5.74, 6) is 0.704. The number of aryl methyl sites for hydroxylation is 1. The number of amides is 1. The zero-order valence-electron chi connectivity index (χ0n) is 15.7. The number of rotatable bonds is 5. The molecular formula is C22H24N2O4. The summed E-state index contributed by atoms with van der Waals surface area (Å²) in [5.41, 5.74) is 2.67. The number of benzene rings is 1. The van der Waals surface area contributed by atoms with Gasteiger partial charge in [-0.3, -0.25) is 4.79 Å². The van der Waals surface area contributed by atoms with Crippen molar-refractivity contribution >= 4 is 5.91 Å². The second-order valence-electron chi connectivity index (χ2n) is 7.35. The molecule has 4 rings (SSSR count). The first-order chi connectivity index (χ1) is 13.6. The number of aliphatic hydroxyl groups excluding tert-OH is 1. The van der Waals surface area contributed by atoms with Gasteiger partial charge in [0.1, 0.15) is 11.5 Å². The second-order valence-corrected chi connectivity index (χ2v) is 7.35. The fourth-order valence-corrected chi connectivity index (χ4v) is 3.79. The van der Waals surface area contributed by atoms with Crippen LogP contribution in [0.2, 0.25) is 0 Å². The van der Waals surface area contributed by atoms with E-state index in [1.54, 1.807) is 23.1 Å². The Balaban J connectivity index is 1.65. The maximum absolute atomic E-state index is 13.4. The van der Waals surface area contributed by atoms with Gasteiger partial charge in [-0.25, -0.2) is 0 Å². The van der Waals surface area contributed by atoms with Crippen LogP contribution in [0.5, 0.6) is 5.75 Å². The third-order valence-electron chi connectivity index (χ3n) is 5.40. The van der Waals surface area contributed by atoms with Crippen LogP contribution in [-0.2, 0) is 19.4 Å². The molecule has 6 nitrogen and oxygen atoms in total. The lowest BCUT2D eigenvalue weighted by atomic mass is 9.95. The highest BCUT2D eigenvalue weighted by molar-refractivity contribution is 5.94. The SMILES string of the molecule is O=C(c1noc2c1CCCC2)N(CC1=CC=CCC1O)Cc1ccccc1O. The van der Waals surface area contributed by atoms with Gasteiger partial charge in [-0.2, -0.15) is 0 Å². The van der Waals surface area contributed by atoms with Gasteiger partial charge in [0.25, 0.3) is 5.91 Å². The Labute approximate surface area is 163 Å². The minimum Gasteiger partial charge on any atom is -0.508 e. The molecule has 2 aromatic rings. The Morgan fingerprint density at radius 2 is 2.04 bits per heavy atom. The first-order valence-electron chi connectivity index (χ1n) is 9.70. The fraction of sp³-hybridized carbons (Fsp3) is 0.364. The third kappa shape index (κ3) is 3.73. The summed E-state index contributed by atoms with van der Waals surface area (Å²) in [5, 5.41) is 24.5.